The Labute approximate surface area is 107 Å². The zero-order valence-electron chi connectivity index (χ0n) is 10.9. The highest BCUT2D eigenvalue weighted by Crippen LogP contribution is 2.39. The molecule has 0 radical (unpaired) electrons. The smallest absolute Gasteiger partial charge is 0.335 e. The number of carboxylic acid groups (broad SMARTS) is 1. The van der Waals surface area contributed by atoms with Crippen LogP contribution in [0.2, 0.25) is 0 Å². The molecule has 0 aromatic heterocycles. The Morgan fingerprint density at radius 1 is 1.50 bits per heavy atom. The highest BCUT2D eigenvalue weighted by molar-refractivity contribution is 5.90. The fourth-order valence-electron chi connectivity index (χ4n) is 2.61. The van der Waals surface area contributed by atoms with Crippen molar-refractivity contribution < 1.29 is 9.90 Å². The lowest BCUT2D eigenvalue weighted by Gasteiger charge is -2.29. The van der Waals surface area contributed by atoms with E-state index in [1.807, 2.05) is 0 Å². The number of rotatable bonds is 3. The summed E-state index contributed by atoms with van der Waals surface area (Å²) >= 11 is 0. The molecule has 4 heteroatoms. The van der Waals surface area contributed by atoms with Gasteiger partial charge in [-0.1, -0.05) is 20.3 Å². The number of nitrogens with two attached hydrogens (primary N) is 1. The minimum absolute atomic E-state index is 0.226. The van der Waals surface area contributed by atoms with E-state index < -0.39 is 5.97 Å². The van der Waals surface area contributed by atoms with Crippen molar-refractivity contribution in [1.82, 2.24) is 0 Å². The molecule has 1 fully saturated rings. The number of carboxylic acids is 1. The van der Waals surface area contributed by atoms with E-state index in [-0.39, 0.29) is 11.0 Å². The monoisotopic (exact) mass is 248 g/mol. The van der Waals surface area contributed by atoms with Gasteiger partial charge in [-0.15, -0.1) is 0 Å². The molecule has 0 aliphatic heterocycles. The topological polar surface area (TPSA) is 75.3 Å². The molecular weight excluding hydrogens is 228 g/mol. The van der Waals surface area contributed by atoms with Gasteiger partial charge in [-0.3, -0.25) is 0 Å². The second-order valence-corrected chi connectivity index (χ2v) is 5.68. The Morgan fingerprint density at radius 3 is 2.72 bits per heavy atom. The summed E-state index contributed by atoms with van der Waals surface area (Å²) in [4.78, 5) is 10.8. The van der Waals surface area contributed by atoms with E-state index >= 15 is 0 Å². The molecule has 1 saturated carbocycles. The number of carbonyl (C=O) groups is 1. The van der Waals surface area contributed by atoms with Gasteiger partial charge < -0.3 is 16.2 Å². The highest BCUT2D eigenvalue weighted by Gasteiger charge is 2.34. The van der Waals surface area contributed by atoms with Gasteiger partial charge in [0.15, 0.2) is 0 Å². The van der Waals surface area contributed by atoms with Crippen LogP contribution in [0.1, 0.15) is 43.5 Å². The normalized spacial score (nSPS) is 21.8. The summed E-state index contributed by atoms with van der Waals surface area (Å²) in [5.74, 6) is -0.950. The Hall–Kier alpha value is -1.71. The first-order valence-electron chi connectivity index (χ1n) is 6.29. The molecule has 18 heavy (non-hydrogen) atoms. The number of nitrogens with one attached hydrogen (secondary N) is 1. The second kappa shape index (κ2) is 4.52. The number of anilines is 2. The molecule has 1 aromatic rings. The fourth-order valence-corrected chi connectivity index (χ4v) is 2.61. The molecular formula is C14H20N2O2. The minimum atomic E-state index is -0.950. The average molecular weight is 248 g/mol. The van der Waals surface area contributed by atoms with E-state index in [1.165, 1.54) is 18.9 Å². The van der Waals surface area contributed by atoms with Gasteiger partial charge in [0.1, 0.15) is 0 Å². The van der Waals surface area contributed by atoms with Crippen molar-refractivity contribution in [2.45, 2.75) is 39.2 Å². The average Bonchev–Trinajstić information content (AvgIpc) is 2.61. The lowest BCUT2D eigenvalue weighted by atomic mass is 9.87. The molecule has 0 spiro atoms. The molecule has 0 saturated heterocycles. The van der Waals surface area contributed by atoms with Crippen LogP contribution in [0.5, 0.6) is 0 Å². The van der Waals surface area contributed by atoms with Gasteiger partial charge >= 0.3 is 5.97 Å². The third-order valence-corrected chi connectivity index (χ3v) is 3.89. The van der Waals surface area contributed by atoms with Crippen molar-refractivity contribution in [3.05, 3.63) is 23.8 Å². The lowest BCUT2D eigenvalue weighted by Crippen LogP contribution is -2.31. The van der Waals surface area contributed by atoms with Crippen LogP contribution in [-0.2, 0) is 0 Å². The van der Waals surface area contributed by atoms with Gasteiger partial charge in [0.2, 0.25) is 0 Å². The summed E-state index contributed by atoms with van der Waals surface area (Å²) in [6.45, 7) is 4.50. The molecule has 1 aromatic carbocycles. The summed E-state index contributed by atoms with van der Waals surface area (Å²) < 4.78 is 0. The van der Waals surface area contributed by atoms with Crippen molar-refractivity contribution in [1.29, 1.82) is 0 Å². The Kier molecular flexibility index (Phi) is 3.20. The molecule has 4 N–H and O–H groups in total. The van der Waals surface area contributed by atoms with Crippen LogP contribution in [0.25, 0.3) is 0 Å². The second-order valence-electron chi connectivity index (χ2n) is 5.68. The predicted molar refractivity (Wildman–Crippen MR) is 72.9 cm³/mol. The Balaban J connectivity index is 2.17. The van der Waals surface area contributed by atoms with Gasteiger partial charge in [-0.05, 0) is 36.5 Å². The summed E-state index contributed by atoms with van der Waals surface area (Å²) in [7, 11) is 0. The van der Waals surface area contributed by atoms with Crippen molar-refractivity contribution in [2.24, 2.45) is 5.41 Å². The maximum absolute atomic E-state index is 10.8. The number of benzene rings is 1. The molecule has 1 aliphatic rings. The van der Waals surface area contributed by atoms with E-state index in [1.54, 1.807) is 12.1 Å². The van der Waals surface area contributed by atoms with Crippen molar-refractivity contribution in [2.75, 3.05) is 11.1 Å². The molecule has 0 bridgehead atoms. The van der Waals surface area contributed by atoms with E-state index in [0.717, 1.165) is 12.1 Å². The molecule has 1 atom stereocenters. The minimum Gasteiger partial charge on any atom is -0.478 e. The molecule has 0 amide bonds. The predicted octanol–water partition coefficient (Wildman–Crippen LogP) is 2.96. The van der Waals surface area contributed by atoms with Gasteiger partial charge in [0.25, 0.3) is 0 Å². The maximum Gasteiger partial charge on any atom is 0.335 e. The van der Waals surface area contributed by atoms with Gasteiger partial charge in [0, 0.05) is 6.04 Å². The third-order valence-electron chi connectivity index (χ3n) is 3.89. The molecule has 1 unspecified atom stereocenters. The summed E-state index contributed by atoms with van der Waals surface area (Å²) in [5.41, 5.74) is 7.72. The first-order chi connectivity index (χ1) is 8.40. The SMILES string of the molecule is CC1(C)CCCC1Nc1ccc(C(=O)O)cc1N. The van der Waals surface area contributed by atoms with Crippen LogP contribution < -0.4 is 11.1 Å². The Bertz CT molecular complexity index is 469. The quantitative estimate of drug-likeness (QED) is 0.719. The molecule has 4 nitrogen and oxygen atoms in total. The van der Waals surface area contributed by atoms with E-state index in [4.69, 9.17) is 10.8 Å². The maximum atomic E-state index is 10.8. The Morgan fingerprint density at radius 2 is 2.22 bits per heavy atom. The summed E-state index contributed by atoms with van der Waals surface area (Å²) in [5, 5.41) is 12.3. The first-order valence-corrected chi connectivity index (χ1v) is 6.29. The zero-order chi connectivity index (χ0) is 13.3. The molecule has 0 heterocycles. The van der Waals surface area contributed by atoms with Crippen molar-refractivity contribution >= 4 is 17.3 Å². The number of nitrogen functional groups attached to an aromatic ring is 1. The van der Waals surface area contributed by atoms with E-state index in [0.29, 0.717) is 11.7 Å². The van der Waals surface area contributed by atoms with Crippen LogP contribution in [-0.4, -0.2) is 17.1 Å². The van der Waals surface area contributed by atoms with E-state index in [2.05, 4.69) is 19.2 Å². The van der Waals surface area contributed by atoms with Crippen LogP contribution in [0.4, 0.5) is 11.4 Å². The first kappa shape index (κ1) is 12.7. The zero-order valence-corrected chi connectivity index (χ0v) is 10.9. The highest BCUT2D eigenvalue weighted by atomic mass is 16.4. The summed E-state index contributed by atoms with van der Waals surface area (Å²) in [6, 6.07) is 5.25. The van der Waals surface area contributed by atoms with Crippen LogP contribution in [0.15, 0.2) is 18.2 Å². The summed E-state index contributed by atoms with van der Waals surface area (Å²) in [6.07, 6.45) is 3.56. The van der Waals surface area contributed by atoms with Gasteiger partial charge in [0.05, 0.1) is 16.9 Å². The lowest BCUT2D eigenvalue weighted by molar-refractivity contribution is 0.0697. The molecule has 1 aliphatic carbocycles. The van der Waals surface area contributed by atoms with Crippen LogP contribution in [0, 0.1) is 5.41 Å². The molecule has 98 valence electrons. The van der Waals surface area contributed by atoms with Crippen LogP contribution in [0.3, 0.4) is 0 Å². The van der Waals surface area contributed by atoms with Gasteiger partial charge in [-0.2, -0.15) is 0 Å². The molecule has 2 rings (SSSR count). The van der Waals surface area contributed by atoms with Crippen molar-refractivity contribution in [3.8, 4) is 0 Å². The number of hydrogen-bond donors (Lipinski definition) is 3. The standard InChI is InChI=1S/C14H20N2O2/c1-14(2)7-3-4-12(14)16-11-6-5-9(13(17)18)8-10(11)15/h5-6,8,12,16H,3-4,7,15H2,1-2H3,(H,17,18). The number of aromatic carboxylic acids is 1. The largest absolute Gasteiger partial charge is 0.478 e. The van der Waals surface area contributed by atoms with E-state index in [9.17, 15) is 4.79 Å². The fraction of sp³-hybridized carbons (Fsp3) is 0.500. The number of hydrogen-bond acceptors (Lipinski definition) is 3. The third kappa shape index (κ3) is 2.42. The van der Waals surface area contributed by atoms with Gasteiger partial charge in [-0.25, -0.2) is 4.79 Å². The van der Waals surface area contributed by atoms with Crippen LogP contribution >= 0.6 is 0 Å². The van der Waals surface area contributed by atoms with Crippen molar-refractivity contribution in [3.63, 3.8) is 0 Å².